The van der Waals surface area contributed by atoms with Crippen LogP contribution in [0.25, 0.3) is 0 Å². The Morgan fingerprint density at radius 3 is 2.72 bits per heavy atom. The minimum Gasteiger partial charge on any atom is -0.406 e. The number of benzene rings is 1. The van der Waals surface area contributed by atoms with Gasteiger partial charge in [-0.3, -0.25) is 0 Å². The summed E-state index contributed by atoms with van der Waals surface area (Å²) in [7, 11) is 0. The molecule has 0 saturated heterocycles. The monoisotopic (exact) mass is 310 g/mol. The van der Waals surface area contributed by atoms with Gasteiger partial charge >= 0.3 is 6.01 Å². The quantitative estimate of drug-likeness (QED) is 0.803. The summed E-state index contributed by atoms with van der Waals surface area (Å²) in [5.74, 6) is 0.586. The number of aromatic nitrogens is 2. The Kier molecular flexibility index (Phi) is 4.72. The van der Waals surface area contributed by atoms with Crippen molar-refractivity contribution in [3.63, 3.8) is 0 Å². The topological polar surface area (TPSA) is 63.0 Å². The highest BCUT2D eigenvalue weighted by molar-refractivity contribution is 9.10. The summed E-state index contributed by atoms with van der Waals surface area (Å²) in [6, 6.07) is 8.17. The number of nitrogens with one attached hydrogen (secondary N) is 2. The predicted molar refractivity (Wildman–Crippen MR) is 73.7 cm³/mol. The van der Waals surface area contributed by atoms with Gasteiger partial charge in [0.05, 0.1) is 6.54 Å². The third-order valence-electron chi connectivity index (χ3n) is 2.27. The van der Waals surface area contributed by atoms with Crippen LogP contribution in [0.4, 0.5) is 11.7 Å². The van der Waals surface area contributed by atoms with Crippen LogP contribution in [0.3, 0.4) is 0 Å². The molecule has 2 N–H and O–H groups in total. The first-order chi connectivity index (χ1) is 8.78. The van der Waals surface area contributed by atoms with E-state index >= 15 is 0 Å². The maximum Gasteiger partial charge on any atom is 0.320 e. The molecule has 0 radical (unpaired) electrons. The van der Waals surface area contributed by atoms with E-state index in [1.165, 1.54) is 0 Å². The molecule has 1 heterocycles. The fourth-order valence-corrected chi connectivity index (χ4v) is 1.67. The van der Waals surface area contributed by atoms with Crippen molar-refractivity contribution in [2.45, 2.75) is 19.9 Å². The van der Waals surface area contributed by atoms with E-state index in [2.05, 4.69) is 43.7 Å². The molecular weight excluding hydrogens is 296 g/mol. The summed E-state index contributed by atoms with van der Waals surface area (Å²) in [5, 5.41) is 14.1. The van der Waals surface area contributed by atoms with Crippen molar-refractivity contribution >= 4 is 27.6 Å². The molecule has 1 aromatic carbocycles. The molecule has 0 fully saturated rings. The van der Waals surface area contributed by atoms with Crippen LogP contribution in [-0.4, -0.2) is 16.7 Å². The summed E-state index contributed by atoms with van der Waals surface area (Å²) in [6.45, 7) is 3.65. The SMILES string of the molecule is CCCNCc1nnc(Nc2ccc(Br)cc2)o1. The van der Waals surface area contributed by atoms with Crippen LogP contribution in [0.1, 0.15) is 19.2 Å². The summed E-state index contributed by atoms with van der Waals surface area (Å²) < 4.78 is 6.49. The van der Waals surface area contributed by atoms with E-state index in [-0.39, 0.29) is 0 Å². The van der Waals surface area contributed by atoms with Gasteiger partial charge < -0.3 is 15.1 Å². The highest BCUT2D eigenvalue weighted by Crippen LogP contribution is 2.18. The average molecular weight is 311 g/mol. The van der Waals surface area contributed by atoms with Gasteiger partial charge in [-0.15, -0.1) is 5.10 Å². The van der Waals surface area contributed by atoms with Crippen LogP contribution in [0.5, 0.6) is 0 Å². The van der Waals surface area contributed by atoms with Crippen LogP contribution < -0.4 is 10.6 Å². The maximum atomic E-state index is 5.46. The molecule has 2 aromatic rings. The molecule has 18 heavy (non-hydrogen) atoms. The van der Waals surface area contributed by atoms with Gasteiger partial charge in [0.25, 0.3) is 0 Å². The molecule has 6 heteroatoms. The second-order valence-electron chi connectivity index (χ2n) is 3.81. The van der Waals surface area contributed by atoms with Crippen LogP contribution in [0.2, 0.25) is 0 Å². The molecule has 0 aliphatic rings. The summed E-state index contributed by atoms with van der Waals surface area (Å²) in [5.41, 5.74) is 0.912. The Hall–Kier alpha value is -1.40. The molecule has 5 nitrogen and oxygen atoms in total. The molecule has 2 rings (SSSR count). The van der Waals surface area contributed by atoms with E-state index in [1.807, 2.05) is 24.3 Å². The lowest BCUT2D eigenvalue weighted by Crippen LogP contribution is -2.13. The summed E-state index contributed by atoms with van der Waals surface area (Å²) in [6.07, 6.45) is 1.08. The van der Waals surface area contributed by atoms with E-state index in [9.17, 15) is 0 Å². The minimum atomic E-state index is 0.408. The lowest BCUT2D eigenvalue weighted by molar-refractivity contribution is 0.479. The fraction of sp³-hybridized carbons (Fsp3) is 0.333. The molecule has 0 atom stereocenters. The summed E-state index contributed by atoms with van der Waals surface area (Å²) in [4.78, 5) is 0. The van der Waals surface area contributed by atoms with E-state index < -0.39 is 0 Å². The van der Waals surface area contributed by atoms with Gasteiger partial charge in [0, 0.05) is 10.2 Å². The second kappa shape index (κ2) is 6.51. The van der Waals surface area contributed by atoms with Gasteiger partial charge in [0.1, 0.15) is 0 Å². The molecule has 1 aromatic heterocycles. The Bertz CT molecular complexity index is 483. The van der Waals surface area contributed by atoms with Crippen molar-refractivity contribution in [3.05, 3.63) is 34.6 Å². The van der Waals surface area contributed by atoms with Crippen molar-refractivity contribution in [3.8, 4) is 0 Å². The lowest BCUT2D eigenvalue weighted by Gasteiger charge is -2.00. The highest BCUT2D eigenvalue weighted by atomic mass is 79.9. The molecule has 96 valence electrons. The molecule has 0 amide bonds. The third-order valence-corrected chi connectivity index (χ3v) is 2.79. The normalized spacial score (nSPS) is 10.6. The number of hydrogen-bond acceptors (Lipinski definition) is 5. The first-order valence-electron chi connectivity index (χ1n) is 5.83. The number of halogens is 1. The number of anilines is 2. The van der Waals surface area contributed by atoms with Crippen LogP contribution in [0, 0.1) is 0 Å². The van der Waals surface area contributed by atoms with Crippen LogP contribution >= 0.6 is 15.9 Å². The standard InChI is InChI=1S/C12H15BrN4O/c1-2-7-14-8-11-16-17-12(18-11)15-10-5-3-9(13)4-6-10/h3-6,14H,2,7-8H2,1H3,(H,15,17). The predicted octanol–water partition coefficient (Wildman–Crippen LogP) is 3.08. The van der Waals surface area contributed by atoms with Gasteiger partial charge in [-0.25, -0.2) is 0 Å². The molecule has 0 bridgehead atoms. The van der Waals surface area contributed by atoms with Gasteiger partial charge in [-0.2, -0.15) is 0 Å². The average Bonchev–Trinajstić information content (AvgIpc) is 2.80. The molecular formula is C12H15BrN4O. The van der Waals surface area contributed by atoms with E-state index in [0.29, 0.717) is 18.5 Å². The third kappa shape index (κ3) is 3.82. The largest absolute Gasteiger partial charge is 0.406 e. The number of rotatable bonds is 6. The first-order valence-corrected chi connectivity index (χ1v) is 6.63. The van der Waals surface area contributed by atoms with Crippen molar-refractivity contribution in [1.82, 2.24) is 15.5 Å². The minimum absolute atomic E-state index is 0.408. The molecule has 0 spiro atoms. The molecule has 0 saturated carbocycles. The van der Waals surface area contributed by atoms with Crippen molar-refractivity contribution in [2.75, 3.05) is 11.9 Å². The Morgan fingerprint density at radius 1 is 1.22 bits per heavy atom. The molecule has 0 unspecified atom stereocenters. The van der Waals surface area contributed by atoms with Crippen molar-refractivity contribution in [2.24, 2.45) is 0 Å². The number of nitrogens with zero attached hydrogens (tertiary/aromatic N) is 2. The summed E-state index contributed by atoms with van der Waals surface area (Å²) >= 11 is 3.38. The van der Waals surface area contributed by atoms with Gasteiger partial charge in [-0.05, 0) is 37.2 Å². The Balaban J connectivity index is 1.91. The zero-order chi connectivity index (χ0) is 12.8. The van der Waals surface area contributed by atoms with Crippen molar-refractivity contribution in [1.29, 1.82) is 0 Å². The maximum absolute atomic E-state index is 5.46. The van der Waals surface area contributed by atoms with Gasteiger partial charge in [-0.1, -0.05) is 28.0 Å². The Morgan fingerprint density at radius 2 is 2.00 bits per heavy atom. The first kappa shape index (κ1) is 13.0. The second-order valence-corrected chi connectivity index (χ2v) is 4.73. The van der Waals surface area contributed by atoms with Gasteiger partial charge in [0.2, 0.25) is 5.89 Å². The van der Waals surface area contributed by atoms with Crippen LogP contribution in [-0.2, 0) is 6.54 Å². The Labute approximate surface area is 114 Å². The van der Waals surface area contributed by atoms with Crippen LogP contribution in [0.15, 0.2) is 33.2 Å². The zero-order valence-electron chi connectivity index (χ0n) is 10.1. The molecule has 0 aliphatic heterocycles. The molecule has 0 aliphatic carbocycles. The number of hydrogen-bond donors (Lipinski definition) is 2. The highest BCUT2D eigenvalue weighted by Gasteiger charge is 2.05. The van der Waals surface area contributed by atoms with Crippen molar-refractivity contribution < 1.29 is 4.42 Å². The van der Waals surface area contributed by atoms with E-state index in [4.69, 9.17) is 4.42 Å². The lowest BCUT2D eigenvalue weighted by atomic mass is 10.3. The van der Waals surface area contributed by atoms with E-state index in [1.54, 1.807) is 0 Å². The fourth-order valence-electron chi connectivity index (χ4n) is 1.40. The van der Waals surface area contributed by atoms with E-state index in [0.717, 1.165) is 23.1 Å². The smallest absolute Gasteiger partial charge is 0.320 e. The zero-order valence-corrected chi connectivity index (χ0v) is 11.7. The van der Waals surface area contributed by atoms with Gasteiger partial charge in [0.15, 0.2) is 0 Å².